The molecular weight excluding hydrogens is 310 g/mol. The second-order valence-electron chi connectivity index (χ2n) is 7.04. The molecule has 7 heteroatoms. The highest BCUT2D eigenvalue weighted by Gasteiger charge is 2.42. The number of amides is 2. The third-order valence-corrected chi connectivity index (χ3v) is 4.61. The summed E-state index contributed by atoms with van der Waals surface area (Å²) in [5.74, 6) is -0.947. The normalized spacial score (nSPS) is 19.9. The predicted molar refractivity (Wildman–Crippen MR) is 85.6 cm³/mol. The van der Waals surface area contributed by atoms with E-state index >= 15 is 0 Å². The molecule has 2 fully saturated rings. The van der Waals surface area contributed by atoms with E-state index in [-0.39, 0.29) is 29.0 Å². The molecule has 24 heavy (non-hydrogen) atoms. The molecule has 0 aromatic carbocycles. The summed E-state index contributed by atoms with van der Waals surface area (Å²) in [4.78, 5) is 43.4. The zero-order chi connectivity index (χ0) is 17.5. The van der Waals surface area contributed by atoms with Crippen molar-refractivity contribution >= 4 is 17.8 Å². The molecule has 1 N–H and O–H groups in total. The molecule has 1 aromatic rings. The zero-order valence-corrected chi connectivity index (χ0v) is 13.9. The van der Waals surface area contributed by atoms with Crippen molar-refractivity contribution in [3.63, 3.8) is 0 Å². The van der Waals surface area contributed by atoms with E-state index in [1.165, 1.54) is 18.3 Å². The van der Waals surface area contributed by atoms with Crippen LogP contribution in [0, 0.1) is 5.92 Å². The Morgan fingerprint density at radius 2 is 1.92 bits per heavy atom. The van der Waals surface area contributed by atoms with Crippen LogP contribution in [-0.2, 0) is 4.79 Å². The Hall–Kier alpha value is -2.44. The van der Waals surface area contributed by atoms with E-state index in [0.29, 0.717) is 19.6 Å². The molecule has 2 amide bonds. The summed E-state index contributed by atoms with van der Waals surface area (Å²) in [7, 11) is 0. The van der Waals surface area contributed by atoms with Gasteiger partial charge in [-0.15, -0.1) is 0 Å². The fourth-order valence-corrected chi connectivity index (χ4v) is 3.09. The third kappa shape index (κ3) is 3.11. The Labute approximate surface area is 140 Å². The van der Waals surface area contributed by atoms with Crippen LogP contribution >= 0.6 is 0 Å². The zero-order valence-electron chi connectivity index (χ0n) is 13.9. The molecule has 2 heterocycles. The number of carbonyl (C=O) groups excluding carboxylic acids is 2. The molecule has 0 atom stereocenters. The van der Waals surface area contributed by atoms with Crippen LogP contribution in [0.15, 0.2) is 18.3 Å². The molecular formula is C17H21N3O4. The van der Waals surface area contributed by atoms with Gasteiger partial charge in [-0.1, -0.05) is 0 Å². The van der Waals surface area contributed by atoms with Crippen molar-refractivity contribution in [2.75, 3.05) is 19.6 Å². The van der Waals surface area contributed by atoms with Crippen molar-refractivity contribution in [1.82, 2.24) is 14.8 Å². The summed E-state index contributed by atoms with van der Waals surface area (Å²) in [6, 6.07) is 2.81. The number of carbonyl (C=O) groups is 3. The fraction of sp³-hybridized carbons (Fsp3) is 0.529. The largest absolute Gasteiger partial charge is 0.478 e. The first-order chi connectivity index (χ1) is 11.3. The second-order valence-corrected chi connectivity index (χ2v) is 7.04. The van der Waals surface area contributed by atoms with E-state index in [0.717, 1.165) is 12.8 Å². The van der Waals surface area contributed by atoms with Crippen LogP contribution in [0.1, 0.15) is 47.5 Å². The van der Waals surface area contributed by atoms with E-state index in [9.17, 15) is 14.4 Å². The Morgan fingerprint density at radius 3 is 2.42 bits per heavy atom. The van der Waals surface area contributed by atoms with Crippen molar-refractivity contribution in [3.8, 4) is 0 Å². The van der Waals surface area contributed by atoms with Gasteiger partial charge >= 0.3 is 5.97 Å². The molecule has 0 bridgehead atoms. The number of carboxylic acid groups (broad SMARTS) is 1. The van der Waals surface area contributed by atoms with Crippen molar-refractivity contribution in [2.24, 2.45) is 5.92 Å². The highest BCUT2D eigenvalue weighted by atomic mass is 16.4. The van der Waals surface area contributed by atoms with E-state index in [2.05, 4.69) is 4.98 Å². The van der Waals surface area contributed by atoms with E-state index in [1.807, 2.05) is 18.7 Å². The number of hydrogen-bond acceptors (Lipinski definition) is 4. The van der Waals surface area contributed by atoms with Gasteiger partial charge in [-0.3, -0.25) is 14.6 Å². The van der Waals surface area contributed by atoms with Gasteiger partial charge in [0, 0.05) is 31.7 Å². The van der Waals surface area contributed by atoms with Crippen LogP contribution in [0.4, 0.5) is 0 Å². The molecule has 1 aliphatic heterocycles. The highest BCUT2D eigenvalue weighted by Crippen LogP contribution is 2.33. The number of pyridine rings is 1. The smallest absolute Gasteiger partial charge is 0.337 e. The lowest BCUT2D eigenvalue weighted by Gasteiger charge is -2.47. The van der Waals surface area contributed by atoms with Crippen molar-refractivity contribution < 1.29 is 19.5 Å². The van der Waals surface area contributed by atoms with Gasteiger partial charge in [0.25, 0.3) is 5.91 Å². The average Bonchev–Trinajstić information content (AvgIpc) is 3.37. The van der Waals surface area contributed by atoms with Gasteiger partial charge in [0.2, 0.25) is 5.91 Å². The minimum absolute atomic E-state index is 0.0469. The van der Waals surface area contributed by atoms with Gasteiger partial charge in [0.05, 0.1) is 11.1 Å². The lowest BCUT2D eigenvalue weighted by Crippen LogP contribution is -2.62. The van der Waals surface area contributed by atoms with E-state index < -0.39 is 11.5 Å². The van der Waals surface area contributed by atoms with Crippen molar-refractivity contribution in [2.45, 2.75) is 32.2 Å². The molecule has 1 saturated heterocycles. The molecule has 7 nitrogen and oxygen atoms in total. The van der Waals surface area contributed by atoms with Gasteiger partial charge < -0.3 is 14.9 Å². The number of carboxylic acids is 1. The SMILES string of the molecule is CC1(C)CN(C(=O)C2CC2)CCN1C(=O)c1ccc(C(=O)O)cn1. The van der Waals surface area contributed by atoms with Crippen molar-refractivity contribution in [3.05, 3.63) is 29.6 Å². The Balaban J connectivity index is 1.73. The fourth-order valence-electron chi connectivity index (χ4n) is 3.09. The summed E-state index contributed by atoms with van der Waals surface area (Å²) < 4.78 is 0. The summed E-state index contributed by atoms with van der Waals surface area (Å²) in [5.41, 5.74) is -0.228. The molecule has 3 rings (SSSR count). The maximum Gasteiger partial charge on any atom is 0.337 e. The molecule has 128 valence electrons. The van der Waals surface area contributed by atoms with Crippen LogP contribution < -0.4 is 0 Å². The maximum absolute atomic E-state index is 12.7. The monoisotopic (exact) mass is 331 g/mol. The van der Waals surface area contributed by atoms with Crippen molar-refractivity contribution in [1.29, 1.82) is 0 Å². The summed E-state index contributed by atoms with van der Waals surface area (Å²) >= 11 is 0. The van der Waals surface area contributed by atoms with Gasteiger partial charge in [-0.05, 0) is 38.8 Å². The van der Waals surface area contributed by atoms with Gasteiger partial charge in [-0.25, -0.2) is 4.79 Å². The molecule has 0 spiro atoms. The third-order valence-electron chi connectivity index (χ3n) is 4.61. The standard InChI is InChI=1S/C17H21N3O4/c1-17(2)10-19(14(21)11-3-4-11)7-8-20(17)15(22)13-6-5-12(9-18-13)16(23)24/h5-6,9,11H,3-4,7-8,10H2,1-2H3,(H,23,24). The van der Waals surface area contributed by atoms with Crippen LogP contribution in [0.25, 0.3) is 0 Å². The van der Waals surface area contributed by atoms with Crippen LogP contribution in [0.5, 0.6) is 0 Å². The Morgan fingerprint density at radius 1 is 1.21 bits per heavy atom. The number of rotatable bonds is 3. The Bertz CT molecular complexity index is 680. The van der Waals surface area contributed by atoms with E-state index in [4.69, 9.17) is 5.11 Å². The van der Waals surface area contributed by atoms with Gasteiger partial charge in [-0.2, -0.15) is 0 Å². The molecule has 1 saturated carbocycles. The van der Waals surface area contributed by atoms with Crippen LogP contribution in [0.3, 0.4) is 0 Å². The molecule has 2 aliphatic rings. The van der Waals surface area contributed by atoms with Gasteiger partial charge in [0.1, 0.15) is 5.69 Å². The highest BCUT2D eigenvalue weighted by molar-refractivity contribution is 5.94. The Kier molecular flexibility index (Phi) is 4.03. The molecule has 1 aliphatic carbocycles. The van der Waals surface area contributed by atoms with Crippen LogP contribution in [0.2, 0.25) is 0 Å². The minimum Gasteiger partial charge on any atom is -0.478 e. The second kappa shape index (κ2) is 5.89. The summed E-state index contributed by atoms with van der Waals surface area (Å²) in [5, 5.41) is 8.90. The number of piperazine rings is 1. The van der Waals surface area contributed by atoms with Gasteiger partial charge in [0.15, 0.2) is 0 Å². The molecule has 0 unspecified atom stereocenters. The minimum atomic E-state index is -1.07. The maximum atomic E-state index is 12.7. The lowest BCUT2D eigenvalue weighted by molar-refractivity contribution is -0.136. The topological polar surface area (TPSA) is 90.8 Å². The molecule has 0 radical (unpaired) electrons. The first-order valence-electron chi connectivity index (χ1n) is 8.10. The number of aromatic nitrogens is 1. The van der Waals surface area contributed by atoms with Crippen LogP contribution in [-0.4, -0.2) is 62.8 Å². The average molecular weight is 331 g/mol. The molecule has 1 aromatic heterocycles. The first kappa shape index (κ1) is 16.4. The predicted octanol–water partition coefficient (Wildman–Crippen LogP) is 1.25. The summed E-state index contributed by atoms with van der Waals surface area (Å²) in [6.45, 7) is 5.34. The summed E-state index contributed by atoms with van der Waals surface area (Å²) in [6.07, 6.45) is 3.13. The lowest BCUT2D eigenvalue weighted by atomic mass is 9.97. The first-order valence-corrected chi connectivity index (χ1v) is 8.10. The van der Waals surface area contributed by atoms with E-state index in [1.54, 1.807) is 4.90 Å². The quantitative estimate of drug-likeness (QED) is 0.900. The number of aromatic carboxylic acids is 1. The number of nitrogens with zero attached hydrogens (tertiary/aromatic N) is 3. The number of hydrogen-bond donors (Lipinski definition) is 1.